The first-order chi connectivity index (χ1) is 16.2. The van der Waals surface area contributed by atoms with E-state index in [0.717, 1.165) is 35.8 Å². The van der Waals surface area contributed by atoms with E-state index in [1.807, 2.05) is 60.7 Å². The van der Waals surface area contributed by atoms with Crippen molar-refractivity contribution < 1.29 is 23.7 Å². The Morgan fingerprint density at radius 1 is 0.970 bits per heavy atom. The first-order valence-corrected chi connectivity index (χ1v) is 11.0. The zero-order valence-corrected chi connectivity index (χ0v) is 18.6. The molecule has 0 saturated carbocycles. The van der Waals surface area contributed by atoms with Crippen molar-refractivity contribution in [2.75, 3.05) is 37.8 Å². The molecule has 0 unspecified atom stereocenters. The van der Waals surface area contributed by atoms with E-state index in [0.29, 0.717) is 19.0 Å². The van der Waals surface area contributed by atoms with Gasteiger partial charge in [-0.2, -0.15) is 0 Å². The molecule has 3 aromatic rings. The number of hydrogen-bond acceptors (Lipinski definition) is 6. The summed E-state index contributed by atoms with van der Waals surface area (Å²) in [4.78, 5) is 14.6. The number of fused-ring (bicyclic) bond motifs is 1. The summed E-state index contributed by atoms with van der Waals surface area (Å²) in [6, 6.07) is 24.7. The highest BCUT2D eigenvalue weighted by molar-refractivity contribution is 5.92. The van der Waals surface area contributed by atoms with Crippen LogP contribution in [-0.4, -0.2) is 38.9 Å². The molecule has 0 amide bonds. The fourth-order valence-corrected chi connectivity index (χ4v) is 3.49. The van der Waals surface area contributed by atoms with Gasteiger partial charge in [-0.15, -0.1) is 0 Å². The van der Waals surface area contributed by atoms with Gasteiger partial charge >= 0.3 is 5.97 Å². The van der Waals surface area contributed by atoms with Gasteiger partial charge in [-0.25, -0.2) is 4.79 Å². The second-order valence-electron chi connectivity index (χ2n) is 7.36. The number of nitrogens with zero attached hydrogens (tertiary/aromatic N) is 1. The van der Waals surface area contributed by atoms with E-state index in [2.05, 4.69) is 11.0 Å². The summed E-state index contributed by atoms with van der Waals surface area (Å²) >= 11 is 0. The van der Waals surface area contributed by atoms with Gasteiger partial charge in [-0.3, -0.25) is 0 Å². The van der Waals surface area contributed by atoms with Crippen LogP contribution < -0.4 is 19.1 Å². The molecule has 1 aliphatic heterocycles. The largest absolute Gasteiger partial charge is 0.492 e. The summed E-state index contributed by atoms with van der Waals surface area (Å²) < 4.78 is 22.5. The maximum absolute atomic E-state index is 12.3. The van der Waals surface area contributed by atoms with Gasteiger partial charge in [0.2, 0.25) is 5.76 Å². The zero-order valence-electron chi connectivity index (χ0n) is 18.6. The van der Waals surface area contributed by atoms with E-state index in [9.17, 15) is 4.79 Å². The summed E-state index contributed by atoms with van der Waals surface area (Å²) in [7, 11) is 0. The highest BCUT2D eigenvalue weighted by Gasteiger charge is 2.17. The summed E-state index contributed by atoms with van der Waals surface area (Å²) in [5, 5.41) is 0. The van der Waals surface area contributed by atoms with Crippen molar-refractivity contribution in [3.05, 3.63) is 90.2 Å². The number of hydrogen-bond donors (Lipinski definition) is 0. The smallest absolute Gasteiger partial charge is 0.374 e. The van der Waals surface area contributed by atoms with Gasteiger partial charge in [0.25, 0.3) is 0 Å². The van der Waals surface area contributed by atoms with Crippen molar-refractivity contribution in [3.63, 3.8) is 0 Å². The number of esters is 1. The molecule has 4 rings (SSSR count). The lowest BCUT2D eigenvalue weighted by Gasteiger charge is -2.31. The summed E-state index contributed by atoms with van der Waals surface area (Å²) in [5.74, 6) is 1.86. The van der Waals surface area contributed by atoms with E-state index >= 15 is 0 Å². The van der Waals surface area contributed by atoms with Crippen LogP contribution in [0.15, 0.2) is 84.6 Å². The first kappa shape index (κ1) is 22.3. The Balaban J connectivity index is 1.37. The number of para-hydroxylation sites is 3. The minimum Gasteiger partial charge on any atom is -0.492 e. The molecule has 1 heterocycles. The molecule has 1 aliphatic rings. The van der Waals surface area contributed by atoms with Crippen LogP contribution in [0.5, 0.6) is 17.2 Å². The van der Waals surface area contributed by atoms with E-state index in [4.69, 9.17) is 18.9 Å². The molecule has 0 radical (unpaired) electrons. The Hall–Kier alpha value is -3.93. The number of ether oxygens (including phenoxy) is 4. The van der Waals surface area contributed by atoms with Crippen LogP contribution in [0.4, 0.5) is 5.69 Å². The van der Waals surface area contributed by atoms with Crippen LogP contribution in [0.2, 0.25) is 0 Å². The number of anilines is 1. The van der Waals surface area contributed by atoms with Crippen molar-refractivity contribution in [2.24, 2.45) is 0 Å². The summed E-state index contributed by atoms with van der Waals surface area (Å²) in [6.45, 7) is 4.86. The van der Waals surface area contributed by atoms with Crippen molar-refractivity contribution in [1.82, 2.24) is 0 Å². The van der Waals surface area contributed by atoms with Gasteiger partial charge in [-0.05, 0) is 55.0 Å². The van der Waals surface area contributed by atoms with Crippen molar-refractivity contribution in [3.8, 4) is 17.2 Å². The fraction of sp³-hybridized carbons (Fsp3) is 0.222. The predicted molar refractivity (Wildman–Crippen MR) is 128 cm³/mol. The average Bonchev–Trinajstić information content (AvgIpc) is 2.85. The zero-order chi connectivity index (χ0) is 22.9. The SMILES string of the molecule is CCOC(=O)/C(=C/c1ccc(OCCN2CCOc3ccccc32)cc1)Oc1ccccc1. The molecule has 0 bridgehead atoms. The number of benzene rings is 3. The summed E-state index contributed by atoms with van der Waals surface area (Å²) in [6.07, 6.45) is 1.67. The molecule has 0 saturated heterocycles. The quantitative estimate of drug-likeness (QED) is 0.264. The lowest BCUT2D eigenvalue weighted by atomic mass is 10.2. The molecule has 0 N–H and O–H groups in total. The maximum atomic E-state index is 12.3. The molecule has 0 aromatic heterocycles. The summed E-state index contributed by atoms with van der Waals surface area (Å²) in [5.41, 5.74) is 1.90. The molecule has 170 valence electrons. The minimum atomic E-state index is -0.507. The predicted octanol–water partition coefficient (Wildman–Crippen LogP) is 4.95. The van der Waals surface area contributed by atoms with Crippen LogP contribution in [0, 0.1) is 0 Å². The first-order valence-electron chi connectivity index (χ1n) is 11.0. The Morgan fingerprint density at radius 3 is 2.52 bits per heavy atom. The number of carbonyl (C=O) groups is 1. The van der Waals surface area contributed by atoms with E-state index in [-0.39, 0.29) is 12.4 Å². The van der Waals surface area contributed by atoms with Gasteiger partial charge in [0.05, 0.1) is 25.4 Å². The van der Waals surface area contributed by atoms with E-state index in [1.54, 1.807) is 25.1 Å². The molecule has 0 fully saturated rings. The monoisotopic (exact) mass is 445 g/mol. The average molecular weight is 446 g/mol. The van der Waals surface area contributed by atoms with E-state index in [1.165, 1.54) is 0 Å². The molecular formula is C27H27NO5. The van der Waals surface area contributed by atoms with Gasteiger partial charge in [0.15, 0.2) is 0 Å². The van der Waals surface area contributed by atoms with Crippen LogP contribution >= 0.6 is 0 Å². The number of carbonyl (C=O) groups excluding carboxylic acids is 1. The highest BCUT2D eigenvalue weighted by Crippen LogP contribution is 2.30. The normalized spacial score (nSPS) is 13.0. The molecular weight excluding hydrogens is 418 g/mol. The lowest BCUT2D eigenvalue weighted by molar-refractivity contribution is -0.140. The Labute approximate surface area is 194 Å². The fourth-order valence-electron chi connectivity index (χ4n) is 3.49. The Morgan fingerprint density at radius 2 is 1.73 bits per heavy atom. The standard InChI is InChI=1S/C27H27NO5/c1-2-30-27(29)26(33-23-8-4-3-5-9-23)20-21-12-14-22(15-13-21)31-18-16-28-17-19-32-25-11-7-6-10-24(25)28/h3-15,20H,2,16-19H2,1H3/b26-20-. The third kappa shape index (κ3) is 6.07. The maximum Gasteiger partial charge on any atom is 0.374 e. The number of rotatable bonds is 9. The Bertz CT molecular complexity index is 1080. The van der Waals surface area contributed by atoms with Gasteiger partial charge < -0.3 is 23.8 Å². The molecule has 3 aromatic carbocycles. The highest BCUT2D eigenvalue weighted by atomic mass is 16.6. The van der Waals surface area contributed by atoms with Crippen molar-refractivity contribution in [2.45, 2.75) is 6.92 Å². The Kier molecular flexibility index (Phi) is 7.48. The van der Waals surface area contributed by atoms with Gasteiger partial charge in [0, 0.05) is 0 Å². The third-order valence-corrected chi connectivity index (χ3v) is 5.08. The molecule has 0 atom stereocenters. The molecule has 0 spiro atoms. The van der Waals surface area contributed by atoms with Crippen molar-refractivity contribution in [1.29, 1.82) is 0 Å². The van der Waals surface area contributed by atoms with Crippen LogP contribution in [0.25, 0.3) is 6.08 Å². The van der Waals surface area contributed by atoms with Crippen molar-refractivity contribution >= 4 is 17.7 Å². The topological polar surface area (TPSA) is 57.2 Å². The second-order valence-corrected chi connectivity index (χ2v) is 7.36. The molecule has 0 aliphatic carbocycles. The third-order valence-electron chi connectivity index (χ3n) is 5.08. The van der Waals surface area contributed by atoms with Gasteiger partial charge in [0.1, 0.15) is 30.5 Å². The molecule has 6 heteroatoms. The van der Waals surface area contributed by atoms with Crippen LogP contribution in [-0.2, 0) is 9.53 Å². The van der Waals surface area contributed by atoms with Gasteiger partial charge in [-0.1, -0.05) is 42.5 Å². The second kappa shape index (κ2) is 11.1. The van der Waals surface area contributed by atoms with E-state index < -0.39 is 5.97 Å². The molecule has 33 heavy (non-hydrogen) atoms. The van der Waals surface area contributed by atoms with Crippen LogP contribution in [0.3, 0.4) is 0 Å². The minimum absolute atomic E-state index is 0.128. The lowest BCUT2D eigenvalue weighted by Crippen LogP contribution is -2.35. The van der Waals surface area contributed by atoms with Crippen LogP contribution in [0.1, 0.15) is 12.5 Å². The molecule has 6 nitrogen and oxygen atoms in total.